The molecule has 0 saturated heterocycles. The van der Waals surface area contributed by atoms with Gasteiger partial charge >= 0.3 is 0 Å². The second kappa shape index (κ2) is 4.93. The van der Waals surface area contributed by atoms with E-state index in [1.165, 1.54) is 25.7 Å². The summed E-state index contributed by atoms with van der Waals surface area (Å²) in [6.45, 7) is 2.30. The van der Waals surface area contributed by atoms with Crippen molar-refractivity contribution in [1.29, 1.82) is 0 Å². The maximum absolute atomic E-state index is 2.43. The molecule has 0 N–H and O–H groups in total. The van der Waals surface area contributed by atoms with Crippen LogP contribution in [0.3, 0.4) is 0 Å². The van der Waals surface area contributed by atoms with Crippen LogP contribution in [0, 0.1) is 12.3 Å². The minimum Gasteiger partial charge on any atom is -0.326 e. The van der Waals surface area contributed by atoms with Crippen molar-refractivity contribution in [2.75, 3.05) is 0 Å². The molecule has 0 bridgehead atoms. The molecule has 0 spiro atoms. The maximum Gasteiger partial charge on any atom is 0 e. The molecular formula is C7H13Y-. The zero-order valence-corrected chi connectivity index (χ0v) is 8.40. The molecule has 0 aromatic carbocycles. The molecule has 0 aliphatic heterocycles. The van der Waals surface area contributed by atoms with Crippen LogP contribution in [0.2, 0.25) is 0 Å². The Morgan fingerprint density at radius 2 is 2.12 bits per heavy atom. The van der Waals surface area contributed by atoms with Crippen LogP contribution in [0.4, 0.5) is 0 Å². The first-order valence-electron chi connectivity index (χ1n) is 3.23. The fourth-order valence-corrected chi connectivity index (χ4v) is 1.13. The SMILES string of the molecule is C[C@@H]1[CH-]CCCC1.[Y]. The molecule has 45 valence electrons. The Morgan fingerprint density at radius 3 is 2.38 bits per heavy atom. The first-order chi connectivity index (χ1) is 3.39. The normalized spacial score (nSPS) is 28.9. The van der Waals surface area contributed by atoms with E-state index in [1.807, 2.05) is 0 Å². The van der Waals surface area contributed by atoms with Crippen molar-refractivity contribution in [2.45, 2.75) is 32.6 Å². The number of hydrogen-bond acceptors (Lipinski definition) is 0. The van der Waals surface area contributed by atoms with Crippen LogP contribution >= 0.6 is 0 Å². The zero-order chi connectivity index (χ0) is 5.11. The van der Waals surface area contributed by atoms with Gasteiger partial charge in [-0.15, -0.1) is 0 Å². The van der Waals surface area contributed by atoms with E-state index < -0.39 is 0 Å². The molecule has 1 aliphatic rings. The van der Waals surface area contributed by atoms with E-state index in [0.717, 1.165) is 5.92 Å². The third kappa shape index (κ3) is 3.19. The molecule has 0 heterocycles. The van der Waals surface area contributed by atoms with E-state index >= 15 is 0 Å². The van der Waals surface area contributed by atoms with Crippen LogP contribution in [-0.2, 0) is 32.7 Å². The summed E-state index contributed by atoms with van der Waals surface area (Å²) in [4.78, 5) is 0. The molecule has 1 rings (SSSR count). The van der Waals surface area contributed by atoms with E-state index in [9.17, 15) is 0 Å². The van der Waals surface area contributed by atoms with Gasteiger partial charge in [-0.05, 0) is 0 Å². The van der Waals surface area contributed by atoms with E-state index in [-0.39, 0.29) is 32.7 Å². The summed E-state index contributed by atoms with van der Waals surface area (Å²) in [6, 6.07) is 0. The van der Waals surface area contributed by atoms with Gasteiger partial charge in [0.1, 0.15) is 0 Å². The second-order valence-electron chi connectivity index (χ2n) is 2.50. The predicted molar refractivity (Wildman–Crippen MR) is 31.9 cm³/mol. The largest absolute Gasteiger partial charge is 0.326 e. The fourth-order valence-electron chi connectivity index (χ4n) is 1.13. The average molecular weight is 186 g/mol. The van der Waals surface area contributed by atoms with Crippen LogP contribution in [-0.4, -0.2) is 0 Å². The van der Waals surface area contributed by atoms with Gasteiger partial charge in [0.05, 0.1) is 0 Å². The zero-order valence-electron chi connectivity index (χ0n) is 5.56. The van der Waals surface area contributed by atoms with Crippen LogP contribution in [0.5, 0.6) is 0 Å². The van der Waals surface area contributed by atoms with Crippen molar-refractivity contribution in [3.63, 3.8) is 0 Å². The molecule has 1 saturated carbocycles. The van der Waals surface area contributed by atoms with Gasteiger partial charge < -0.3 is 6.42 Å². The smallest absolute Gasteiger partial charge is 0 e. The summed E-state index contributed by atoms with van der Waals surface area (Å²) in [5, 5.41) is 0. The van der Waals surface area contributed by atoms with Gasteiger partial charge in [-0.3, -0.25) is 0 Å². The Bertz CT molecular complexity index is 46.3. The number of rotatable bonds is 0. The van der Waals surface area contributed by atoms with Crippen LogP contribution in [0.15, 0.2) is 0 Å². The van der Waals surface area contributed by atoms with Gasteiger partial charge in [0.25, 0.3) is 0 Å². The Hall–Kier alpha value is 1.10. The maximum atomic E-state index is 2.43. The fraction of sp³-hybridized carbons (Fsp3) is 0.857. The van der Waals surface area contributed by atoms with Gasteiger partial charge in [0, 0.05) is 32.7 Å². The monoisotopic (exact) mass is 186 g/mol. The van der Waals surface area contributed by atoms with E-state index in [2.05, 4.69) is 13.3 Å². The molecule has 1 fully saturated rings. The topological polar surface area (TPSA) is 0 Å². The minimum atomic E-state index is 0. The summed E-state index contributed by atoms with van der Waals surface area (Å²) in [5.74, 6) is 0.911. The molecule has 0 nitrogen and oxygen atoms in total. The van der Waals surface area contributed by atoms with Gasteiger partial charge in [0.2, 0.25) is 0 Å². The standard InChI is InChI=1S/C7H13.Y/c1-7-5-3-2-4-6-7;/h5,7H,2-4,6H2,1H3;/q-1;/t7-;/m1./s1. The van der Waals surface area contributed by atoms with E-state index in [0.29, 0.717) is 0 Å². The summed E-state index contributed by atoms with van der Waals surface area (Å²) >= 11 is 0. The van der Waals surface area contributed by atoms with Crippen LogP contribution in [0.1, 0.15) is 32.6 Å². The summed E-state index contributed by atoms with van der Waals surface area (Å²) < 4.78 is 0. The molecule has 0 unspecified atom stereocenters. The Kier molecular flexibility index (Phi) is 5.62. The molecule has 1 atom stereocenters. The van der Waals surface area contributed by atoms with E-state index in [4.69, 9.17) is 0 Å². The third-order valence-electron chi connectivity index (χ3n) is 1.68. The summed E-state index contributed by atoms with van der Waals surface area (Å²) in [7, 11) is 0. The molecule has 0 amide bonds. The van der Waals surface area contributed by atoms with Crippen LogP contribution in [0.25, 0.3) is 0 Å². The first-order valence-corrected chi connectivity index (χ1v) is 3.23. The Morgan fingerprint density at radius 1 is 1.38 bits per heavy atom. The number of hydrogen-bond donors (Lipinski definition) is 0. The molecule has 0 aromatic heterocycles. The van der Waals surface area contributed by atoms with Crippen molar-refractivity contribution in [3.05, 3.63) is 6.42 Å². The van der Waals surface area contributed by atoms with Gasteiger partial charge in [-0.1, -0.05) is 26.2 Å². The van der Waals surface area contributed by atoms with Crippen molar-refractivity contribution < 1.29 is 32.7 Å². The van der Waals surface area contributed by atoms with Crippen molar-refractivity contribution in [1.82, 2.24) is 0 Å². The van der Waals surface area contributed by atoms with E-state index in [1.54, 1.807) is 0 Å². The molecule has 8 heavy (non-hydrogen) atoms. The molecule has 0 aromatic rings. The Labute approximate surface area is 77.3 Å². The average Bonchev–Trinajstić information content (AvgIpc) is 1.69. The molecule has 1 radical (unpaired) electrons. The van der Waals surface area contributed by atoms with Gasteiger partial charge in [-0.25, -0.2) is 0 Å². The predicted octanol–water partition coefficient (Wildman–Crippen LogP) is 2.40. The third-order valence-corrected chi connectivity index (χ3v) is 1.68. The molecule has 1 aliphatic carbocycles. The van der Waals surface area contributed by atoms with Crippen molar-refractivity contribution in [3.8, 4) is 0 Å². The second-order valence-corrected chi connectivity index (χ2v) is 2.50. The summed E-state index contributed by atoms with van der Waals surface area (Å²) in [6.07, 6.45) is 8.12. The first kappa shape index (κ1) is 9.10. The summed E-state index contributed by atoms with van der Waals surface area (Å²) in [5.41, 5.74) is 0. The molecule has 1 heteroatoms. The Balaban J connectivity index is 0.000000490. The van der Waals surface area contributed by atoms with Gasteiger partial charge in [-0.2, -0.15) is 12.3 Å². The van der Waals surface area contributed by atoms with Gasteiger partial charge in [0.15, 0.2) is 0 Å². The quantitative estimate of drug-likeness (QED) is 0.509. The molecular weight excluding hydrogens is 173 g/mol. The minimum absolute atomic E-state index is 0. The van der Waals surface area contributed by atoms with Crippen LogP contribution < -0.4 is 0 Å². The van der Waals surface area contributed by atoms with Crippen molar-refractivity contribution >= 4 is 0 Å². The van der Waals surface area contributed by atoms with Crippen molar-refractivity contribution in [2.24, 2.45) is 5.92 Å².